The van der Waals surface area contributed by atoms with Gasteiger partial charge in [-0.05, 0) is 13.8 Å². The minimum atomic E-state index is -0.715. The molecule has 1 heterocycles. The van der Waals surface area contributed by atoms with Gasteiger partial charge in [0.2, 0.25) is 0 Å². The SMILES string of the molecule is CC1(C)OC[C@H](O)[C@H](CO)O1. The number of hydrogen-bond donors (Lipinski definition) is 2. The van der Waals surface area contributed by atoms with Crippen LogP contribution in [0.2, 0.25) is 0 Å². The second-order valence-electron chi connectivity index (χ2n) is 3.12. The first kappa shape index (κ1) is 8.93. The normalized spacial score (nSPS) is 37.1. The molecule has 2 atom stereocenters. The van der Waals surface area contributed by atoms with Gasteiger partial charge in [0.15, 0.2) is 5.79 Å². The van der Waals surface area contributed by atoms with Crippen molar-refractivity contribution < 1.29 is 19.7 Å². The lowest BCUT2D eigenvalue weighted by Gasteiger charge is -2.38. The zero-order valence-corrected chi connectivity index (χ0v) is 6.78. The topological polar surface area (TPSA) is 58.9 Å². The maximum absolute atomic E-state index is 9.19. The Bertz CT molecular complexity index is 134. The molecule has 0 saturated carbocycles. The summed E-state index contributed by atoms with van der Waals surface area (Å²) in [5, 5.41) is 17.9. The third kappa shape index (κ3) is 2.13. The monoisotopic (exact) mass is 162 g/mol. The van der Waals surface area contributed by atoms with E-state index < -0.39 is 18.0 Å². The van der Waals surface area contributed by atoms with E-state index in [0.29, 0.717) is 0 Å². The summed E-state index contributed by atoms with van der Waals surface area (Å²) in [6, 6.07) is 0. The Morgan fingerprint density at radius 2 is 2.18 bits per heavy atom. The van der Waals surface area contributed by atoms with E-state index in [-0.39, 0.29) is 13.2 Å². The molecule has 0 aromatic carbocycles. The summed E-state index contributed by atoms with van der Waals surface area (Å²) >= 11 is 0. The lowest BCUT2D eigenvalue weighted by molar-refractivity contribution is -0.308. The quantitative estimate of drug-likeness (QED) is 0.545. The van der Waals surface area contributed by atoms with Crippen LogP contribution in [-0.2, 0) is 9.47 Å². The zero-order valence-electron chi connectivity index (χ0n) is 6.78. The van der Waals surface area contributed by atoms with E-state index in [1.54, 1.807) is 13.8 Å². The Hall–Kier alpha value is -0.160. The minimum Gasteiger partial charge on any atom is -0.394 e. The number of rotatable bonds is 1. The van der Waals surface area contributed by atoms with Crippen LogP contribution in [0, 0.1) is 0 Å². The highest BCUT2D eigenvalue weighted by Gasteiger charge is 2.34. The van der Waals surface area contributed by atoms with Gasteiger partial charge < -0.3 is 19.7 Å². The first-order valence-electron chi connectivity index (χ1n) is 3.66. The van der Waals surface area contributed by atoms with Gasteiger partial charge in [-0.3, -0.25) is 0 Å². The van der Waals surface area contributed by atoms with Crippen molar-refractivity contribution in [1.82, 2.24) is 0 Å². The Balaban J connectivity index is 2.51. The predicted molar refractivity (Wildman–Crippen MR) is 38.0 cm³/mol. The Morgan fingerprint density at radius 3 is 2.64 bits per heavy atom. The van der Waals surface area contributed by atoms with Gasteiger partial charge in [-0.1, -0.05) is 0 Å². The third-order valence-electron chi connectivity index (χ3n) is 1.65. The molecule has 0 aromatic heterocycles. The van der Waals surface area contributed by atoms with E-state index >= 15 is 0 Å². The van der Waals surface area contributed by atoms with Crippen molar-refractivity contribution in [3.8, 4) is 0 Å². The summed E-state index contributed by atoms with van der Waals surface area (Å²) in [7, 11) is 0. The molecular formula is C7H14O4. The molecule has 1 rings (SSSR count). The van der Waals surface area contributed by atoms with Crippen molar-refractivity contribution >= 4 is 0 Å². The maximum Gasteiger partial charge on any atom is 0.163 e. The van der Waals surface area contributed by atoms with Gasteiger partial charge in [0.25, 0.3) is 0 Å². The van der Waals surface area contributed by atoms with E-state index in [0.717, 1.165) is 0 Å². The Morgan fingerprint density at radius 1 is 1.55 bits per heavy atom. The molecule has 1 aliphatic heterocycles. The molecule has 0 amide bonds. The fourth-order valence-electron chi connectivity index (χ4n) is 1.03. The van der Waals surface area contributed by atoms with E-state index in [1.165, 1.54) is 0 Å². The van der Waals surface area contributed by atoms with Crippen LogP contribution in [0.5, 0.6) is 0 Å². The second-order valence-corrected chi connectivity index (χ2v) is 3.12. The first-order chi connectivity index (χ1) is 5.05. The largest absolute Gasteiger partial charge is 0.394 e. The van der Waals surface area contributed by atoms with Crippen molar-refractivity contribution in [2.45, 2.75) is 31.8 Å². The zero-order chi connectivity index (χ0) is 8.48. The molecular weight excluding hydrogens is 148 g/mol. The maximum atomic E-state index is 9.19. The highest BCUT2D eigenvalue weighted by Crippen LogP contribution is 2.21. The molecule has 11 heavy (non-hydrogen) atoms. The van der Waals surface area contributed by atoms with Crippen molar-refractivity contribution in [2.75, 3.05) is 13.2 Å². The summed E-state index contributed by atoms with van der Waals surface area (Å²) in [5.41, 5.74) is 0. The van der Waals surface area contributed by atoms with Crippen LogP contribution in [0.1, 0.15) is 13.8 Å². The molecule has 1 aliphatic rings. The lowest BCUT2D eigenvalue weighted by atomic mass is 10.2. The van der Waals surface area contributed by atoms with Gasteiger partial charge in [0, 0.05) is 0 Å². The van der Waals surface area contributed by atoms with Gasteiger partial charge >= 0.3 is 0 Å². The van der Waals surface area contributed by atoms with Crippen molar-refractivity contribution in [3.05, 3.63) is 0 Å². The van der Waals surface area contributed by atoms with Crippen molar-refractivity contribution in [2.24, 2.45) is 0 Å². The summed E-state index contributed by atoms with van der Waals surface area (Å²) in [6.07, 6.45) is -1.23. The molecule has 66 valence electrons. The molecule has 4 heteroatoms. The molecule has 0 aliphatic carbocycles. The van der Waals surface area contributed by atoms with Crippen LogP contribution in [0.3, 0.4) is 0 Å². The minimum absolute atomic E-state index is 0.173. The van der Waals surface area contributed by atoms with E-state index in [9.17, 15) is 5.11 Å². The molecule has 4 nitrogen and oxygen atoms in total. The highest BCUT2D eigenvalue weighted by atomic mass is 16.7. The van der Waals surface area contributed by atoms with Crippen molar-refractivity contribution in [1.29, 1.82) is 0 Å². The van der Waals surface area contributed by atoms with Crippen LogP contribution in [0.4, 0.5) is 0 Å². The average molecular weight is 162 g/mol. The summed E-state index contributed by atoms with van der Waals surface area (Å²) in [5.74, 6) is -0.688. The van der Waals surface area contributed by atoms with E-state index in [1.807, 2.05) is 0 Å². The smallest absolute Gasteiger partial charge is 0.163 e. The number of aliphatic hydroxyl groups is 2. The predicted octanol–water partition coefficient (Wildman–Crippen LogP) is -0.509. The molecule has 0 radical (unpaired) electrons. The van der Waals surface area contributed by atoms with Crippen LogP contribution in [0.25, 0.3) is 0 Å². The Kier molecular flexibility index (Phi) is 2.49. The number of aliphatic hydroxyl groups excluding tert-OH is 2. The summed E-state index contributed by atoms with van der Waals surface area (Å²) in [6.45, 7) is 3.55. The van der Waals surface area contributed by atoms with Crippen molar-refractivity contribution in [3.63, 3.8) is 0 Å². The van der Waals surface area contributed by atoms with Gasteiger partial charge in [-0.2, -0.15) is 0 Å². The molecule has 0 unspecified atom stereocenters. The average Bonchev–Trinajstić information content (AvgIpc) is 1.94. The molecule has 0 aromatic rings. The third-order valence-corrected chi connectivity index (χ3v) is 1.65. The molecule has 2 N–H and O–H groups in total. The van der Waals surface area contributed by atoms with Crippen LogP contribution in [-0.4, -0.2) is 41.4 Å². The second kappa shape index (κ2) is 3.06. The van der Waals surface area contributed by atoms with Gasteiger partial charge in [0.05, 0.1) is 13.2 Å². The molecule has 0 spiro atoms. The standard InChI is InChI=1S/C7H14O4/c1-7(2)10-4-5(9)6(3-8)11-7/h5-6,8-9H,3-4H2,1-2H3/t5-,6-/m0/s1. The first-order valence-corrected chi connectivity index (χ1v) is 3.66. The summed E-state index contributed by atoms with van der Waals surface area (Å²) < 4.78 is 10.3. The van der Waals surface area contributed by atoms with E-state index in [4.69, 9.17) is 14.6 Å². The van der Waals surface area contributed by atoms with E-state index in [2.05, 4.69) is 0 Å². The van der Waals surface area contributed by atoms with Gasteiger partial charge in [-0.15, -0.1) is 0 Å². The fourth-order valence-corrected chi connectivity index (χ4v) is 1.03. The van der Waals surface area contributed by atoms with Crippen LogP contribution < -0.4 is 0 Å². The van der Waals surface area contributed by atoms with Crippen LogP contribution in [0.15, 0.2) is 0 Å². The Labute approximate surface area is 65.7 Å². The highest BCUT2D eigenvalue weighted by molar-refractivity contribution is 4.75. The van der Waals surface area contributed by atoms with Crippen LogP contribution >= 0.6 is 0 Å². The van der Waals surface area contributed by atoms with Gasteiger partial charge in [0.1, 0.15) is 12.2 Å². The fraction of sp³-hybridized carbons (Fsp3) is 1.00. The summed E-state index contributed by atoms with van der Waals surface area (Å²) in [4.78, 5) is 0. The molecule has 1 saturated heterocycles. The number of hydrogen-bond acceptors (Lipinski definition) is 4. The molecule has 0 bridgehead atoms. The van der Waals surface area contributed by atoms with Gasteiger partial charge in [-0.25, -0.2) is 0 Å². The molecule has 1 fully saturated rings. The lowest BCUT2D eigenvalue weighted by Crippen LogP contribution is -2.50. The number of ether oxygens (including phenoxy) is 2.